The Bertz CT molecular complexity index is 1080. The van der Waals surface area contributed by atoms with Crippen LogP contribution in [-0.2, 0) is 19.5 Å². The number of fused-ring (bicyclic) bond motifs is 1. The van der Waals surface area contributed by atoms with E-state index in [1.54, 1.807) is 18.2 Å². The van der Waals surface area contributed by atoms with Crippen LogP contribution in [0.25, 0.3) is 0 Å². The summed E-state index contributed by atoms with van der Waals surface area (Å²) in [6, 6.07) is 21.4. The number of carbonyl (C=O) groups excluding carboxylic acids is 1. The highest BCUT2D eigenvalue weighted by atomic mass is 35.5. The Hall–Kier alpha value is -2.66. The van der Waals surface area contributed by atoms with Crippen molar-refractivity contribution in [3.8, 4) is 0 Å². The number of halogens is 2. The van der Waals surface area contributed by atoms with Crippen molar-refractivity contribution in [3.05, 3.63) is 105 Å². The lowest BCUT2D eigenvalue weighted by Crippen LogP contribution is -2.30. The van der Waals surface area contributed by atoms with Crippen molar-refractivity contribution in [1.29, 1.82) is 0 Å². The maximum Gasteiger partial charge on any atom is 0.271 e. The van der Waals surface area contributed by atoms with E-state index in [2.05, 4.69) is 39.7 Å². The second-order valence-corrected chi connectivity index (χ2v) is 8.13. The highest BCUT2D eigenvalue weighted by Gasteiger charge is 2.15. The molecule has 0 atom stereocenters. The summed E-state index contributed by atoms with van der Waals surface area (Å²) in [6.45, 7) is 2.87. The predicted octanol–water partition coefficient (Wildman–Crippen LogP) is 5.32. The van der Waals surface area contributed by atoms with Crippen molar-refractivity contribution in [2.75, 3.05) is 6.54 Å². The van der Waals surface area contributed by atoms with Gasteiger partial charge in [0.2, 0.25) is 0 Å². The Labute approximate surface area is 186 Å². The van der Waals surface area contributed by atoms with Crippen LogP contribution in [0, 0.1) is 0 Å². The van der Waals surface area contributed by atoms with Gasteiger partial charge in [-0.2, -0.15) is 5.10 Å². The first-order valence-corrected chi connectivity index (χ1v) is 10.5. The summed E-state index contributed by atoms with van der Waals surface area (Å²) in [5.41, 5.74) is 7.80. The molecule has 6 heteroatoms. The van der Waals surface area contributed by atoms with E-state index in [0.29, 0.717) is 21.2 Å². The average molecular weight is 438 g/mol. The van der Waals surface area contributed by atoms with Gasteiger partial charge in [-0.15, -0.1) is 0 Å². The molecule has 0 bridgehead atoms. The van der Waals surface area contributed by atoms with Gasteiger partial charge in [-0.3, -0.25) is 9.69 Å². The summed E-state index contributed by atoms with van der Waals surface area (Å²) in [6.07, 6.45) is 2.57. The normalized spacial score (nSPS) is 13.9. The molecule has 0 unspecified atom stereocenters. The van der Waals surface area contributed by atoms with E-state index in [4.69, 9.17) is 23.2 Å². The average Bonchev–Trinajstić information content (AvgIpc) is 2.75. The molecule has 0 saturated carbocycles. The van der Waals surface area contributed by atoms with E-state index in [1.807, 2.05) is 24.3 Å². The molecule has 1 aliphatic heterocycles. The second kappa shape index (κ2) is 9.43. The molecule has 0 aliphatic carbocycles. The number of hydrazone groups is 1. The van der Waals surface area contributed by atoms with E-state index in [9.17, 15) is 4.79 Å². The molecule has 0 aromatic heterocycles. The van der Waals surface area contributed by atoms with Gasteiger partial charge in [-0.25, -0.2) is 5.43 Å². The zero-order valence-electron chi connectivity index (χ0n) is 16.3. The Morgan fingerprint density at radius 1 is 1.03 bits per heavy atom. The molecule has 0 radical (unpaired) electrons. The van der Waals surface area contributed by atoms with Crippen molar-refractivity contribution >= 4 is 35.3 Å². The minimum Gasteiger partial charge on any atom is -0.294 e. The van der Waals surface area contributed by atoms with Gasteiger partial charge < -0.3 is 0 Å². The highest BCUT2D eigenvalue weighted by Crippen LogP contribution is 2.21. The number of nitrogens with zero attached hydrogens (tertiary/aromatic N) is 2. The van der Waals surface area contributed by atoms with Crippen molar-refractivity contribution in [2.24, 2.45) is 5.10 Å². The largest absolute Gasteiger partial charge is 0.294 e. The Balaban J connectivity index is 1.33. The monoisotopic (exact) mass is 437 g/mol. The first kappa shape index (κ1) is 20.6. The van der Waals surface area contributed by atoms with Crippen LogP contribution in [0.15, 0.2) is 71.8 Å². The molecule has 0 fully saturated rings. The maximum absolute atomic E-state index is 12.3. The fourth-order valence-corrected chi connectivity index (χ4v) is 4.00. The lowest BCUT2D eigenvalue weighted by atomic mass is 9.99. The van der Waals surface area contributed by atoms with Gasteiger partial charge in [0.15, 0.2) is 0 Å². The summed E-state index contributed by atoms with van der Waals surface area (Å²) in [7, 11) is 0. The topological polar surface area (TPSA) is 44.7 Å². The Morgan fingerprint density at radius 3 is 2.57 bits per heavy atom. The van der Waals surface area contributed by atoms with Crippen LogP contribution in [-0.4, -0.2) is 23.6 Å². The van der Waals surface area contributed by atoms with Crippen LogP contribution in [0.2, 0.25) is 10.0 Å². The van der Waals surface area contributed by atoms with Crippen LogP contribution in [0.4, 0.5) is 0 Å². The first-order valence-electron chi connectivity index (χ1n) is 9.75. The number of rotatable bonds is 5. The Morgan fingerprint density at radius 2 is 1.80 bits per heavy atom. The molecule has 3 aromatic rings. The zero-order chi connectivity index (χ0) is 20.9. The third kappa shape index (κ3) is 5.08. The van der Waals surface area contributed by atoms with Gasteiger partial charge >= 0.3 is 0 Å². The molecule has 1 aliphatic rings. The van der Waals surface area contributed by atoms with Gasteiger partial charge in [0.1, 0.15) is 0 Å². The van der Waals surface area contributed by atoms with Gasteiger partial charge in [0.05, 0.1) is 11.2 Å². The van der Waals surface area contributed by atoms with E-state index in [0.717, 1.165) is 26.1 Å². The van der Waals surface area contributed by atoms with E-state index < -0.39 is 0 Å². The summed E-state index contributed by atoms with van der Waals surface area (Å²) in [5.74, 6) is -0.269. The van der Waals surface area contributed by atoms with Gasteiger partial charge in [-0.05, 0) is 47.4 Å². The zero-order valence-corrected chi connectivity index (χ0v) is 17.8. The molecule has 1 amide bonds. The molecule has 1 N–H and O–H groups in total. The van der Waals surface area contributed by atoms with Crippen LogP contribution < -0.4 is 5.43 Å². The molecular formula is C24H21Cl2N3O. The number of benzene rings is 3. The maximum atomic E-state index is 12.3. The number of hydrogen-bond donors (Lipinski definition) is 1. The van der Waals surface area contributed by atoms with Crippen LogP contribution >= 0.6 is 23.2 Å². The number of nitrogens with one attached hydrogen (secondary N) is 1. The Kier molecular flexibility index (Phi) is 6.48. The molecule has 0 saturated heterocycles. The number of carbonyl (C=O) groups is 1. The molecule has 0 spiro atoms. The van der Waals surface area contributed by atoms with Crippen LogP contribution in [0.5, 0.6) is 0 Å². The lowest BCUT2D eigenvalue weighted by molar-refractivity contribution is 0.0955. The molecular weight excluding hydrogens is 417 g/mol. The molecule has 4 nitrogen and oxygen atoms in total. The van der Waals surface area contributed by atoms with Crippen molar-refractivity contribution in [2.45, 2.75) is 19.5 Å². The van der Waals surface area contributed by atoms with Crippen molar-refractivity contribution in [1.82, 2.24) is 10.3 Å². The summed E-state index contributed by atoms with van der Waals surface area (Å²) < 4.78 is 0. The minimum absolute atomic E-state index is 0.269. The summed E-state index contributed by atoms with van der Waals surface area (Å²) in [5, 5.41) is 5.01. The lowest BCUT2D eigenvalue weighted by Gasteiger charge is -2.28. The quantitative estimate of drug-likeness (QED) is 0.433. The highest BCUT2D eigenvalue weighted by molar-refractivity contribution is 6.36. The predicted molar refractivity (Wildman–Crippen MR) is 122 cm³/mol. The molecule has 30 heavy (non-hydrogen) atoms. The number of hydrogen-bond acceptors (Lipinski definition) is 3. The first-order chi connectivity index (χ1) is 14.6. The smallest absolute Gasteiger partial charge is 0.271 e. The summed E-state index contributed by atoms with van der Waals surface area (Å²) >= 11 is 12.0. The van der Waals surface area contributed by atoms with E-state index >= 15 is 0 Å². The van der Waals surface area contributed by atoms with Crippen molar-refractivity contribution in [3.63, 3.8) is 0 Å². The molecule has 1 heterocycles. The minimum atomic E-state index is -0.269. The molecule has 152 valence electrons. The van der Waals surface area contributed by atoms with Gasteiger partial charge in [-0.1, -0.05) is 65.7 Å². The fraction of sp³-hybridized carbons (Fsp3) is 0.167. The van der Waals surface area contributed by atoms with Crippen LogP contribution in [0.3, 0.4) is 0 Å². The molecule has 4 rings (SSSR count). The van der Waals surface area contributed by atoms with Gasteiger partial charge in [0.25, 0.3) is 5.91 Å². The van der Waals surface area contributed by atoms with Crippen LogP contribution in [0.1, 0.15) is 32.6 Å². The standard InChI is InChI=1S/C24H21Cl2N3O/c25-22-10-9-20(23(26)13-22)14-27-28-24(30)19-7-5-17(6-8-19)15-29-12-11-18-3-1-2-4-21(18)16-29/h1-10,13-14H,11-12,15-16H2,(H,28,30)/b27-14-. The molecule has 3 aromatic carbocycles. The third-order valence-corrected chi connectivity index (χ3v) is 5.73. The third-order valence-electron chi connectivity index (χ3n) is 5.16. The number of amides is 1. The fourth-order valence-electron chi connectivity index (χ4n) is 3.54. The van der Waals surface area contributed by atoms with Gasteiger partial charge in [0, 0.05) is 35.8 Å². The second-order valence-electron chi connectivity index (χ2n) is 7.29. The van der Waals surface area contributed by atoms with E-state index in [1.165, 1.54) is 22.9 Å². The SMILES string of the molecule is O=C(N/N=C\c1ccc(Cl)cc1Cl)c1ccc(CN2CCc3ccccc3C2)cc1. The van der Waals surface area contributed by atoms with Crippen molar-refractivity contribution < 1.29 is 4.79 Å². The van der Waals surface area contributed by atoms with E-state index in [-0.39, 0.29) is 5.91 Å². The summed E-state index contributed by atoms with van der Waals surface area (Å²) in [4.78, 5) is 14.8.